The van der Waals surface area contributed by atoms with Crippen molar-refractivity contribution in [1.29, 1.82) is 0 Å². The first-order valence-electron chi connectivity index (χ1n) is 12.4. The molecule has 2 heterocycles. The van der Waals surface area contributed by atoms with Crippen LogP contribution >= 0.6 is 11.6 Å². The van der Waals surface area contributed by atoms with E-state index in [-0.39, 0.29) is 6.61 Å². The molecule has 0 aliphatic carbocycles. The summed E-state index contributed by atoms with van der Waals surface area (Å²) >= 11 is 6.27. The van der Waals surface area contributed by atoms with E-state index in [0.29, 0.717) is 13.2 Å². The first kappa shape index (κ1) is 25.5. The minimum atomic E-state index is -0.876. The van der Waals surface area contributed by atoms with E-state index in [2.05, 4.69) is 26.6 Å². The van der Waals surface area contributed by atoms with Crippen LogP contribution in [0.1, 0.15) is 41.8 Å². The number of aryl methyl sites for hydroxylation is 4. The zero-order chi connectivity index (χ0) is 24.8. The first-order valence-corrected chi connectivity index (χ1v) is 12.7. The van der Waals surface area contributed by atoms with Crippen molar-refractivity contribution in [3.8, 4) is 11.5 Å². The molecule has 1 fully saturated rings. The summed E-state index contributed by atoms with van der Waals surface area (Å²) < 4.78 is 14.1. The molecule has 0 amide bonds. The number of rotatable bonds is 10. The van der Waals surface area contributed by atoms with Gasteiger partial charge in [-0.2, -0.15) is 0 Å². The van der Waals surface area contributed by atoms with Crippen molar-refractivity contribution in [2.24, 2.45) is 0 Å². The topological polar surface area (TPSA) is 59.8 Å². The third kappa shape index (κ3) is 7.00. The Kier molecular flexibility index (Phi) is 8.37. The number of benzene rings is 2. The van der Waals surface area contributed by atoms with Crippen LogP contribution in [0.4, 0.5) is 0 Å². The SMILES string of the molecule is Cc1cc(OCC2(O)CCCN(Cc3cccc(OCCCn4ccnc4C)c3)C2)cc(C)c1Cl. The Bertz CT molecular complexity index is 1110. The molecule has 1 aliphatic rings. The molecule has 3 aromatic rings. The van der Waals surface area contributed by atoms with Crippen molar-refractivity contribution in [2.45, 2.75) is 58.7 Å². The third-order valence-electron chi connectivity index (χ3n) is 6.59. The largest absolute Gasteiger partial charge is 0.494 e. The summed E-state index contributed by atoms with van der Waals surface area (Å²) in [6.07, 6.45) is 6.41. The monoisotopic (exact) mass is 497 g/mol. The van der Waals surface area contributed by atoms with Crippen LogP contribution in [0.5, 0.6) is 11.5 Å². The Hall–Kier alpha value is -2.54. The smallest absolute Gasteiger partial charge is 0.120 e. The van der Waals surface area contributed by atoms with E-state index in [9.17, 15) is 5.11 Å². The normalized spacial score (nSPS) is 18.5. The fraction of sp³-hybridized carbons (Fsp3) is 0.464. The van der Waals surface area contributed by atoms with Gasteiger partial charge in [0.25, 0.3) is 0 Å². The highest BCUT2D eigenvalue weighted by Crippen LogP contribution is 2.28. The molecule has 0 saturated carbocycles. The summed E-state index contributed by atoms with van der Waals surface area (Å²) in [6, 6.07) is 12.1. The molecule has 4 rings (SSSR count). The number of aliphatic hydroxyl groups is 1. The number of piperidine rings is 1. The number of imidazole rings is 1. The van der Waals surface area contributed by atoms with E-state index in [1.165, 1.54) is 5.56 Å². The minimum absolute atomic E-state index is 0.267. The van der Waals surface area contributed by atoms with Gasteiger partial charge in [-0.05, 0) is 87.5 Å². The average molecular weight is 498 g/mol. The molecular weight excluding hydrogens is 462 g/mol. The zero-order valence-electron chi connectivity index (χ0n) is 21.0. The number of aromatic nitrogens is 2. The van der Waals surface area contributed by atoms with Crippen LogP contribution in [0.15, 0.2) is 48.8 Å². The molecule has 0 bridgehead atoms. The summed E-state index contributed by atoms with van der Waals surface area (Å²) in [7, 11) is 0. The van der Waals surface area contributed by atoms with Gasteiger partial charge in [0.1, 0.15) is 29.5 Å². The number of ether oxygens (including phenoxy) is 2. The molecule has 1 aliphatic heterocycles. The lowest BCUT2D eigenvalue weighted by Crippen LogP contribution is -2.51. The first-order chi connectivity index (χ1) is 16.8. The minimum Gasteiger partial charge on any atom is -0.494 e. The summed E-state index contributed by atoms with van der Waals surface area (Å²) in [5, 5.41) is 12.0. The average Bonchev–Trinajstić information content (AvgIpc) is 3.24. The van der Waals surface area contributed by atoms with Gasteiger partial charge >= 0.3 is 0 Å². The maximum absolute atomic E-state index is 11.2. The molecular formula is C28H36ClN3O3. The van der Waals surface area contributed by atoms with Gasteiger partial charge in [0, 0.05) is 37.1 Å². The second-order valence-corrected chi connectivity index (χ2v) is 10.1. The summed E-state index contributed by atoms with van der Waals surface area (Å²) in [6.45, 7) is 10.1. The molecule has 188 valence electrons. The summed E-state index contributed by atoms with van der Waals surface area (Å²) in [5.41, 5.74) is 2.28. The molecule has 6 nitrogen and oxygen atoms in total. The fourth-order valence-electron chi connectivity index (χ4n) is 4.72. The Balaban J connectivity index is 1.27. The number of hydrogen-bond acceptors (Lipinski definition) is 5. The lowest BCUT2D eigenvalue weighted by atomic mass is 9.93. The van der Waals surface area contributed by atoms with Crippen LogP contribution in [-0.4, -0.2) is 51.5 Å². The standard InChI is InChI=1S/C28H36ClN3O3/c1-21-15-26(16-22(2)27(21)29)35-20-28(33)9-5-11-31(19-28)18-24-7-4-8-25(17-24)34-14-6-12-32-13-10-30-23(32)3/h4,7-8,10,13,15-17,33H,5-6,9,11-12,14,18-20H2,1-3H3. The molecule has 35 heavy (non-hydrogen) atoms. The van der Waals surface area contributed by atoms with Crippen LogP contribution in [0.25, 0.3) is 0 Å². The van der Waals surface area contributed by atoms with Gasteiger partial charge in [0.15, 0.2) is 0 Å². The van der Waals surface area contributed by atoms with Gasteiger partial charge in [0.2, 0.25) is 0 Å². The van der Waals surface area contributed by atoms with Crippen LogP contribution < -0.4 is 9.47 Å². The summed E-state index contributed by atoms with van der Waals surface area (Å²) in [5.74, 6) is 2.66. The van der Waals surface area contributed by atoms with Gasteiger partial charge in [-0.1, -0.05) is 23.7 Å². The second-order valence-electron chi connectivity index (χ2n) is 9.72. The highest BCUT2D eigenvalue weighted by atomic mass is 35.5. The maximum atomic E-state index is 11.2. The number of nitrogens with zero attached hydrogens (tertiary/aromatic N) is 3. The van der Waals surface area contributed by atoms with Gasteiger partial charge < -0.3 is 19.1 Å². The molecule has 1 aromatic heterocycles. The van der Waals surface area contributed by atoms with E-state index in [1.54, 1.807) is 0 Å². The number of β-amino-alcohol motifs (C(OH)–C–C–N with tert-alkyl or cyclic N) is 1. The zero-order valence-corrected chi connectivity index (χ0v) is 21.7. The molecule has 2 aromatic carbocycles. The van der Waals surface area contributed by atoms with E-state index in [4.69, 9.17) is 21.1 Å². The van der Waals surface area contributed by atoms with Crippen molar-refractivity contribution in [2.75, 3.05) is 26.3 Å². The Morgan fingerprint density at radius 1 is 1.09 bits per heavy atom. The van der Waals surface area contributed by atoms with Crippen LogP contribution in [0, 0.1) is 20.8 Å². The highest BCUT2D eigenvalue weighted by Gasteiger charge is 2.34. The van der Waals surface area contributed by atoms with Crippen molar-refractivity contribution >= 4 is 11.6 Å². The lowest BCUT2D eigenvalue weighted by molar-refractivity contribution is -0.0621. The third-order valence-corrected chi connectivity index (χ3v) is 7.19. The second kappa shape index (κ2) is 11.5. The van der Waals surface area contributed by atoms with Crippen molar-refractivity contribution in [3.05, 3.63) is 76.3 Å². The van der Waals surface area contributed by atoms with Crippen LogP contribution in [0.2, 0.25) is 5.02 Å². The Labute approximate surface area is 213 Å². The predicted molar refractivity (Wildman–Crippen MR) is 139 cm³/mol. The fourth-order valence-corrected chi connectivity index (χ4v) is 4.83. The molecule has 1 atom stereocenters. The van der Waals surface area contributed by atoms with Crippen molar-refractivity contribution in [1.82, 2.24) is 14.5 Å². The van der Waals surface area contributed by atoms with Crippen molar-refractivity contribution in [3.63, 3.8) is 0 Å². The Morgan fingerprint density at radius 2 is 1.89 bits per heavy atom. The van der Waals surface area contributed by atoms with Gasteiger partial charge in [0.05, 0.1) is 6.61 Å². The number of likely N-dealkylation sites (tertiary alicyclic amines) is 1. The van der Waals surface area contributed by atoms with Gasteiger partial charge in [-0.3, -0.25) is 4.90 Å². The van der Waals surface area contributed by atoms with E-state index in [1.807, 2.05) is 57.4 Å². The van der Waals surface area contributed by atoms with Gasteiger partial charge in [-0.25, -0.2) is 4.98 Å². The molecule has 1 saturated heterocycles. The molecule has 1 unspecified atom stereocenters. The summed E-state index contributed by atoms with van der Waals surface area (Å²) in [4.78, 5) is 6.55. The van der Waals surface area contributed by atoms with Gasteiger partial charge in [-0.15, -0.1) is 0 Å². The molecule has 0 spiro atoms. The van der Waals surface area contributed by atoms with Crippen LogP contribution in [-0.2, 0) is 13.1 Å². The molecule has 0 radical (unpaired) electrons. The number of halogens is 1. The molecule has 1 N–H and O–H groups in total. The lowest BCUT2D eigenvalue weighted by Gasteiger charge is -2.39. The van der Waals surface area contributed by atoms with E-state index in [0.717, 1.165) is 72.4 Å². The number of hydrogen-bond donors (Lipinski definition) is 1. The van der Waals surface area contributed by atoms with E-state index >= 15 is 0 Å². The maximum Gasteiger partial charge on any atom is 0.120 e. The predicted octanol–water partition coefficient (Wildman–Crippen LogP) is 5.34. The highest BCUT2D eigenvalue weighted by molar-refractivity contribution is 6.32. The van der Waals surface area contributed by atoms with E-state index < -0.39 is 5.60 Å². The van der Waals surface area contributed by atoms with Crippen LogP contribution in [0.3, 0.4) is 0 Å². The molecule has 7 heteroatoms. The Morgan fingerprint density at radius 3 is 2.63 bits per heavy atom. The quantitative estimate of drug-likeness (QED) is 0.383. The van der Waals surface area contributed by atoms with Crippen molar-refractivity contribution < 1.29 is 14.6 Å².